The minimum Gasteiger partial charge on any atom is -0.486 e. The number of hydrogen-bond donors (Lipinski definition) is 1. The topological polar surface area (TPSA) is 69.0 Å². The summed E-state index contributed by atoms with van der Waals surface area (Å²) in [4.78, 5) is 12.3. The van der Waals surface area contributed by atoms with Gasteiger partial charge >= 0.3 is 6.18 Å². The highest BCUT2D eigenvalue weighted by atomic mass is 79.9. The van der Waals surface area contributed by atoms with Crippen LogP contribution in [0.2, 0.25) is 5.02 Å². The van der Waals surface area contributed by atoms with E-state index in [0.717, 1.165) is 28.4 Å². The number of nitrogens with one attached hydrogen (secondary N) is 1. The van der Waals surface area contributed by atoms with Crippen LogP contribution in [0.1, 0.15) is 11.4 Å². The highest BCUT2D eigenvalue weighted by Crippen LogP contribution is 2.31. The second-order valence-electron chi connectivity index (χ2n) is 6.57. The van der Waals surface area contributed by atoms with Crippen molar-refractivity contribution in [3.05, 3.63) is 76.0 Å². The Hall–Kier alpha value is -2.50. The van der Waals surface area contributed by atoms with E-state index in [1.54, 1.807) is 28.8 Å². The molecule has 0 radical (unpaired) electrons. The van der Waals surface area contributed by atoms with Crippen molar-refractivity contribution < 1.29 is 22.7 Å². The molecule has 0 aliphatic heterocycles. The van der Waals surface area contributed by atoms with E-state index in [0.29, 0.717) is 28.2 Å². The van der Waals surface area contributed by atoms with Crippen LogP contribution in [0.4, 0.5) is 18.9 Å². The molecule has 174 valence electrons. The van der Waals surface area contributed by atoms with Gasteiger partial charge in [-0.25, -0.2) is 0 Å². The number of rotatable bonds is 9. The van der Waals surface area contributed by atoms with Crippen LogP contribution in [0.15, 0.2) is 64.7 Å². The second kappa shape index (κ2) is 11.1. The van der Waals surface area contributed by atoms with E-state index in [2.05, 4.69) is 38.0 Å². The fourth-order valence-corrected chi connectivity index (χ4v) is 4.15. The maximum Gasteiger partial charge on any atom is 0.416 e. The summed E-state index contributed by atoms with van der Waals surface area (Å²) in [5, 5.41) is 11.7. The smallest absolute Gasteiger partial charge is 0.416 e. The molecule has 1 aromatic heterocycles. The number of carbonyl (C=O) groups excluding carboxylic acids is 1. The Morgan fingerprint density at radius 1 is 1.27 bits per heavy atom. The van der Waals surface area contributed by atoms with E-state index >= 15 is 0 Å². The summed E-state index contributed by atoms with van der Waals surface area (Å²) < 4.78 is 46.6. The molecular formula is C21H17BrClF3N4O2S. The van der Waals surface area contributed by atoms with Crippen molar-refractivity contribution in [1.82, 2.24) is 14.8 Å². The van der Waals surface area contributed by atoms with E-state index < -0.39 is 11.7 Å². The number of amides is 1. The van der Waals surface area contributed by atoms with Gasteiger partial charge in [-0.3, -0.25) is 9.36 Å². The number of alkyl halides is 3. The molecule has 1 amide bonds. The van der Waals surface area contributed by atoms with Gasteiger partial charge in [0.05, 0.1) is 22.0 Å². The first-order valence-corrected chi connectivity index (χ1v) is 11.5. The predicted molar refractivity (Wildman–Crippen MR) is 125 cm³/mol. The van der Waals surface area contributed by atoms with Crippen LogP contribution < -0.4 is 10.1 Å². The molecular weight excluding hydrogens is 545 g/mol. The van der Waals surface area contributed by atoms with Crippen LogP contribution in [0.3, 0.4) is 0 Å². The van der Waals surface area contributed by atoms with Gasteiger partial charge in [0.1, 0.15) is 12.4 Å². The average molecular weight is 562 g/mol. The van der Waals surface area contributed by atoms with Crippen LogP contribution in [-0.4, -0.2) is 26.4 Å². The summed E-state index contributed by atoms with van der Waals surface area (Å²) in [7, 11) is 0. The molecule has 33 heavy (non-hydrogen) atoms. The normalized spacial score (nSPS) is 11.3. The van der Waals surface area contributed by atoms with E-state index in [1.165, 1.54) is 12.1 Å². The Bertz CT molecular complexity index is 1160. The van der Waals surface area contributed by atoms with Crippen molar-refractivity contribution >= 4 is 50.9 Å². The third kappa shape index (κ3) is 6.99. The zero-order valence-electron chi connectivity index (χ0n) is 16.9. The van der Waals surface area contributed by atoms with E-state index in [9.17, 15) is 18.0 Å². The van der Waals surface area contributed by atoms with Gasteiger partial charge in [-0.05, 0) is 36.4 Å². The molecule has 1 N–H and O–H groups in total. The molecule has 1 heterocycles. The molecule has 3 rings (SSSR count). The molecule has 0 fully saturated rings. The summed E-state index contributed by atoms with van der Waals surface area (Å²) in [5.41, 5.74) is -0.325. The first-order chi connectivity index (χ1) is 15.7. The number of halogens is 5. The molecule has 0 saturated carbocycles. The fourth-order valence-electron chi connectivity index (χ4n) is 2.66. The highest BCUT2D eigenvalue weighted by Gasteiger charge is 2.30. The van der Waals surface area contributed by atoms with Crippen molar-refractivity contribution in [1.29, 1.82) is 0 Å². The molecule has 0 bridgehead atoms. The molecule has 2 aromatic carbocycles. The molecule has 0 aliphatic rings. The van der Waals surface area contributed by atoms with Gasteiger partial charge in [0.25, 0.3) is 0 Å². The summed E-state index contributed by atoms with van der Waals surface area (Å²) >= 11 is 10.6. The van der Waals surface area contributed by atoms with Gasteiger partial charge in [0.15, 0.2) is 11.0 Å². The van der Waals surface area contributed by atoms with Crippen molar-refractivity contribution in [3.8, 4) is 5.75 Å². The van der Waals surface area contributed by atoms with Crippen molar-refractivity contribution in [2.45, 2.75) is 24.5 Å². The van der Waals surface area contributed by atoms with Crippen LogP contribution in [0.5, 0.6) is 5.75 Å². The number of benzene rings is 2. The van der Waals surface area contributed by atoms with Gasteiger partial charge in [0, 0.05) is 11.0 Å². The number of anilines is 1. The monoisotopic (exact) mass is 560 g/mol. The Morgan fingerprint density at radius 2 is 2.06 bits per heavy atom. The summed E-state index contributed by atoms with van der Waals surface area (Å²) in [6.45, 7) is 3.92. The van der Waals surface area contributed by atoms with E-state index in [-0.39, 0.29) is 24.0 Å². The largest absolute Gasteiger partial charge is 0.486 e. The molecule has 0 atom stereocenters. The summed E-state index contributed by atoms with van der Waals surface area (Å²) in [6.07, 6.45) is -2.85. The minimum absolute atomic E-state index is 0.0379. The number of hydrogen-bond acceptors (Lipinski definition) is 5. The van der Waals surface area contributed by atoms with Gasteiger partial charge in [-0.15, -0.1) is 16.8 Å². The molecule has 0 saturated heterocycles. The zero-order chi connectivity index (χ0) is 24.0. The van der Waals surface area contributed by atoms with Crippen LogP contribution in [0, 0.1) is 0 Å². The summed E-state index contributed by atoms with van der Waals surface area (Å²) in [6, 6.07) is 9.68. The van der Waals surface area contributed by atoms with E-state index in [4.69, 9.17) is 16.3 Å². The zero-order valence-corrected chi connectivity index (χ0v) is 20.1. The van der Waals surface area contributed by atoms with Crippen molar-refractivity contribution in [3.63, 3.8) is 0 Å². The standard InChI is InChI=1S/C21H17BrClF3N4O2S/c1-2-8-30-18(11-32-15-5-3-4-13(9-15)21(24,25)26)28-29-20(30)33-12-19(31)27-17-7-6-14(22)10-16(17)23/h2-7,9-10H,1,8,11-12H2,(H,27,31). The maximum atomic E-state index is 12.9. The Kier molecular flexibility index (Phi) is 8.44. The Balaban J connectivity index is 1.64. The highest BCUT2D eigenvalue weighted by molar-refractivity contribution is 9.10. The lowest BCUT2D eigenvalue weighted by Crippen LogP contribution is -2.15. The molecule has 0 unspecified atom stereocenters. The quantitative estimate of drug-likeness (QED) is 0.249. The Labute approximate surface area is 205 Å². The second-order valence-corrected chi connectivity index (χ2v) is 8.84. The van der Waals surface area contributed by atoms with Gasteiger partial charge in [-0.2, -0.15) is 13.2 Å². The lowest BCUT2D eigenvalue weighted by Gasteiger charge is -2.11. The number of allylic oxidation sites excluding steroid dienone is 1. The predicted octanol–water partition coefficient (Wildman–Crippen LogP) is 6.21. The molecule has 6 nitrogen and oxygen atoms in total. The molecule has 0 spiro atoms. The van der Waals surface area contributed by atoms with Gasteiger partial charge < -0.3 is 10.1 Å². The lowest BCUT2D eigenvalue weighted by atomic mass is 10.2. The van der Waals surface area contributed by atoms with Gasteiger partial charge in [-0.1, -0.05) is 51.4 Å². The van der Waals surface area contributed by atoms with E-state index in [1.807, 2.05) is 0 Å². The minimum atomic E-state index is -4.47. The third-order valence-corrected chi connectivity index (χ3v) is 5.94. The van der Waals surface area contributed by atoms with Crippen molar-refractivity contribution in [2.24, 2.45) is 0 Å². The first-order valence-electron chi connectivity index (χ1n) is 9.38. The van der Waals surface area contributed by atoms with Crippen LogP contribution >= 0.6 is 39.3 Å². The lowest BCUT2D eigenvalue weighted by molar-refractivity contribution is -0.137. The number of aromatic nitrogens is 3. The Morgan fingerprint density at radius 3 is 2.76 bits per heavy atom. The van der Waals surface area contributed by atoms with Gasteiger partial charge in [0.2, 0.25) is 5.91 Å². The first kappa shape index (κ1) is 25.1. The average Bonchev–Trinajstić information content (AvgIpc) is 3.14. The van der Waals surface area contributed by atoms with Crippen LogP contribution in [0.25, 0.3) is 0 Å². The SMILES string of the molecule is C=CCn1c(COc2cccc(C(F)(F)F)c2)nnc1SCC(=O)Nc1ccc(Br)cc1Cl. The third-order valence-electron chi connectivity index (χ3n) is 4.17. The molecule has 0 aliphatic carbocycles. The number of thioether (sulfide) groups is 1. The summed E-state index contributed by atoms with van der Waals surface area (Å²) in [5.74, 6) is 0.180. The maximum absolute atomic E-state index is 12.9. The number of carbonyl (C=O) groups is 1. The van der Waals surface area contributed by atoms with Crippen molar-refractivity contribution in [2.75, 3.05) is 11.1 Å². The van der Waals surface area contributed by atoms with Crippen LogP contribution in [-0.2, 0) is 24.1 Å². The molecule has 12 heteroatoms. The fraction of sp³-hybridized carbons (Fsp3) is 0.190. The number of nitrogens with zero attached hydrogens (tertiary/aromatic N) is 3. The molecule has 3 aromatic rings. The number of ether oxygens (including phenoxy) is 1.